The van der Waals surface area contributed by atoms with Crippen LogP contribution in [0, 0.1) is 5.41 Å². The van der Waals surface area contributed by atoms with Gasteiger partial charge in [0.1, 0.15) is 0 Å². The van der Waals surface area contributed by atoms with E-state index in [0.717, 1.165) is 24.4 Å². The maximum Gasteiger partial charge on any atom is 0.311 e. The van der Waals surface area contributed by atoms with E-state index >= 15 is 0 Å². The van der Waals surface area contributed by atoms with Gasteiger partial charge in [-0.3, -0.25) is 4.79 Å². The van der Waals surface area contributed by atoms with Gasteiger partial charge in [0.25, 0.3) is 0 Å². The van der Waals surface area contributed by atoms with Crippen LogP contribution < -0.4 is 0 Å². The number of carbonyl (C=O) groups is 1. The highest BCUT2D eigenvalue weighted by Crippen LogP contribution is 2.30. The average molecular weight is 374 g/mol. The fraction of sp³-hybridized carbons (Fsp3) is 0.500. The van der Waals surface area contributed by atoms with Crippen LogP contribution >= 0.6 is 11.6 Å². The van der Waals surface area contributed by atoms with Crippen molar-refractivity contribution in [2.24, 2.45) is 5.41 Å². The maximum absolute atomic E-state index is 12.2. The van der Waals surface area contributed by atoms with Crippen LogP contribution in [0.4, 0.5) is 0 Å². The van der Waals surface area contributed by atoms with E-state index < -0.39 is 5.41 Å². The molecule has 1 aliphatic carbocycles. The molecular formula is C22H28ClNO2. The van der Waals surface area contributed by atoms with Gasteiger partial charge in [0.15, 0.2) is 0 Å². The predicted molar refractivity (Wildman–Crippen MR) is 106 cm³/mol. The van der Waals surface area contributed by atoms with Crippen molar-refractivity contribution in [1.29, 1.82) is 0 Å². The number of aryl methyl sites for hydroxylation is 1. The molecule has 3 nitrogen and oxygen atoms in total. The quantitative estimate of drug-likeness (QED) is 0.532. The summed E-state index contributed by atoms with van der Waals surface area (Å²) in [7, 11) is 1.46. The molecule has 140 valence electrons. The number of aromatic nitrogens is 1. The summed E-state index contributed by atoms with van der Waals surface area (Å²) in [5, 5.41) is 0.757. The lowest BCUT2D eigenvalue weighted by Crippen LogP contribution is -2.29. The first-order valence-corrected chi connectivity index (χ1v) is 9.81. The average Bonchev–Trinajstić information content (AvgIpc) is 2.78. The summed E-state index contributed by atoms with van der Waals surface area (Å²) < 4.78 is 7.44. The normalized spacial score (nSPS) is 14.6. The summed E-state index contributed by atoms with van der Waals surface area (Å²) in [5.74, 6) is -0.160. The topological polar surface area (TPSA) is 31.2 Å². The molecule has 2 aromatic rings. The van der Waals surface area contributed by atoms with Crippen LogP contribution in [0.5, 0.6) is 0 Å². The van der Waals surface area contributed by atoms with Gasteiger partial charge in [0.2, 0.25) is 0 Å². The Hall–Kier alpha value is -1.74. The molecule has 0 N–H and O–H groups in total. The van der Waals surface area contributed by atoms with E-state index in [1.807, 2.05) is 26.0 Å². The second kappa shape index (κ2) is 7.87. The summed E-state index contributed by atoms with van der Waals surface area (Å²) in [4.78, 5) is 12.2. The van der Waals surface area contributed by atoms with Crippen LogP contribution in [0.3, 0.4) is 0 Å². The van der Waals surface area contributed by atoms with Gasteiger partial charge < -0.3 is 9.30 Å². The number of esters is 1. The largest absolute Gasteiger partial charge is 0.469 e. The van der Waals surface area contributed by atoms with Crippen LogP contribution in [0.1, 0.15) is 55.6 Å². The Morgan fingerprint density at radius 2 is 1.85 bits per heavy atom. The van der Waals surface area contributed by atoms with Gasteiger partial charge in [-0.15, -0.1) is 0 Å². The van der Waals surface area contributed by atoms with E-state index in [0.29, 0.717) is 6.42 Å². The van der Waals surface area contributed by atoms with E-state index in [1.165, 1.54) is 48.9 Å². The molecule has 0 bridgehead atoms. The van der Waals surface area contributed by atoms with Crippen molar-refractivity contribution < 1.29 is 9.53 Å². The summed E-state index contributed by atoms with van der Waals surface area (Å²) in [6.45, 7) is 4.74. The number of ether oxygens (including phenoxy) is 1. The second-order valence-corrected chi connectivity index (χ2v) is 8.37. The van der Waals surface area contributed by atoms with Crippen molar-refractivity contribution in [2.75, 3.05) is 7.11 Å². The number of fused-ring (bicyclic) bond motifs is 1. The molecule has 3 rings (SSSR count). The second-order valence-electron chi connectivity index (χ2n) is 7.93. The Kier molecular flexibility index (Phi) is 5.76. The SMILES string of the molecule is COC(=O)C(C)(C)Cc1cc2c(n1Cc1ccc(Cl)cc1)CCCCC2. The Bertz CT molecular complexity index is 774. The Morgan fingerprint density at radius 1 is 1.15 bits per heavy atom. The molecule has 4 heteroatoms. The van der Waals surface area contributed by atoms with Crippen LogP contribution in [0.2, 0.25) is 5.02 Å². The molecule has 0 spiro atoms. The number of nitrogens with zero attached hydrogens (tertiary/aromatic N) is 1. The smallest absolute Gasteiger partial charge is 0.311 e. The molecule has 0 fully saturated rings. The Morgan fingerprint density at radius 3 is 2.54 bits per heavy atom. The summed E-state index contributed by atoms with van der Waals surface area (Å²) in [6.07, 6.45) is 6.70. The molecule has 0 saturated heterocycles. The van der Waals surface area contributed by atoms with Gasteiger partial charge >= 0.3 is 5.97 Å². The van der Waals surface area contributed by atoms with Crippen molar-refractivity contribution in [3.63, 3.8) is 0 Å². The van der Waals surface area contributed by atoms with E-state index in [4.69, 9.17) is 16.3 Å². The summed E-state index contributed by atoms with van der Waals surface area (Å²) >= 11 is 6.04. The van der Waals surface area contributed by atoms with E-state index in [9.17, 15) is 4.79 Å². The van der Waals surface area contributed by atoms with Crippen molar-refractivity contribution in [3.8, 4) is 0 Å². The third-order valence-corrected chi connectivity index (χ3v) is 5.61. The van der Waals surface area contributed by atoms with Gasteiger partial charge in [-0.1, -0.05) is 30.2 Å². The maximum atomic E-state index is 12.2. The molecule has 0 aliphatic heterocycles. The van der Waals surface area contributed by atoms with Crippen LogP contribution in [-0.2, 0) is 35.3 Å². The lowest BCUT2D eigenvalue weighted by Gasteiger charge is -2.23. The van der Waals surface area contributed by atoms with Crippen molar-refractivity contribution >= 4 is 17.6 Å². The highest BCUT2D eigenvalue weighted by molar-refractivity contribution is 6.30. The molecular weight excluding hydrogens is 346 g/mol. The Labute approximate surface area is 161 Å². The number of halogens is 1. The van der Waals surface area contributed by atoms with Crippen molar-refractivity contribution in [3.05, 3.63) is 57.9 Å². The number of rotatable bonds is 5. The summed E-state index contributed by atoms with van der Waals surface area (Å²) in [6, 6.07) is 10.4. The standard InChI is InChI=1S/C22H28ClNO2/c1-22(2,21(25)26-3)14-19-13-17-7-5-4-6-8-20(17)24(19)15-16-9-11-18(23)12-10-16/h9-13H,4-8,14-15H2,1-3H3. The molecule has 0 radical (unpaired) electrons. The van der Waals surface area contributed by atoms with Gasteiger partial charge in [-0.2, -0.15) is 0 Å². The highest BCUT2D eigenvalue weighted by Gasteiger charge is 2.31. The first-order chi connectivity index (χ1) is 12.4. The predicted octanol–water partition coefficient (Wildman–Crippen LogP) is 5.20. The fourth-order valence-corrected chi connectivity index (χ4v) is 4.05. The van der Waals surface area contributed by atoms with Gasteiger partial charge in [-0.25, -0.2) is 0 Å². The lowest BCUT2D eigenvalue weighted by atomic mass is 9.87. The van der Waals surface area contributed by atoms with Crippen LogP contribution in [0.25, 0.3) is 0 Å². The van der Waals surface area contributed by atoms with E-state index in [2.05, 4.69) is 22.8 Å². The summed E-state index contributed by atoms with van der Waals surface area (Å²) in [5.41, 5.74) is 4.81. The highest BCUT2D eigenvalue weighted by atomic mass is 35.5. The molecule has 0 saturated carbocycles. The Balaban J connectivity index is 1.97. The monoisotopic (exact) mass is 373 g/mol. The lowest BCUT2D eigenvalue weighted by molar-refractivity contribution is -0.150. The molecule has 1 heterocycles. The molecule has 0 atom stereocenters. The zero-order valence-corrected chi connectivity index (χ0v) is 16.7. The molecule has 0 unspecified atom stereocenters. The minimum absolute atomic E-state index is 0.160. The number of methoxy groups -OCH3 is 1. The minimum atomic E-state index is -0.538. The molecule has 1 aromatic carbocycles. The minimum Gasteiger partial charge on any atom is -0.469 e. The van der Waals surface area contributed by atoms with Crippen molar-refractivity contribution in [2.45, 2.75) is 58.9 Å². The van der Waals surface area contributed by atoms with Crippen LogP contribution in [-0.4, -0.2) is 17.6 Å². The fourth-order valence-electron chi connectivity index (χ4n) is 3.92. The molecule has 1 aliphatic rings. The number of hydrogen-bond donors (Lipinski definition) is 0. The zero-order valence-electron chi connectivity index (χ0n) is 16.0. The third-order valence-electron chi connectivity index (χ3n) is 5.36. The van der Waals surface area contributed by atoms with Crippen LogP contribution in [0.15, 0.2) is 30.3 Å². The van der Waals surface area contributed by atoms with Gasteiger partial charge in [0.05, 0.1) is 12.5 Å². The number of carbonyl (C=O) groups excluding carboxylic acids is 1. The van der Waals surface area contributed by atoms with Gasteiger partial charge in [-0.05, 0) is 68.9 Å². The van der Waals surface area contributed by atoms with E-state index in [-0.39, 0.29) is 5.97 Å². The van der Waals surface area contributed by atoms with Crippen molar-refractivity contribution in [1.82, 2.24) is 4.57 Å². The molecule has 26 heavy (non-hydrogen) atoms. The zero-order chi connectivity index (χ0) is 18.7. The first-order valence-electron chi connectivity index (χ1n) is 9.44. The molecule has 1 aromatic heterocycles. The first kappa shape index (κ1) is 19.0. The molecule has 0 amide bonds. The third kappa shape index (κ3) is 4.15. The number of hydrogen-bond acceptors (Lipinski definition) is 2. The van der Waals surface area contributed by atoms with Gasteiger partial charge in [0, 0.05) is 29.4 Å². The number of benzene rings is 1. The van der Waals surface area contributed by atoms with E-state index in [1.54, 1.807) is 0 Å².